The summed E-state index contributed by atoms with van der Waals surface area (Å²) in [4.78, 5) is 0. The van der Waals surface area contributed by atoms with Crippen LogP contribution in [-0.4, -0.2) is 9.78 Å². The molecule has 2 aromatic rings. The molecule has 0 saturated carbocycles. The van der Waals surface area contributed by atoms with E-state index >= 15 is 0 Å². The summed E-state index contributed by atoms with van der Waals surface area (Å²) in [5.74, 6) is 0.736. The van der Waals surface area contributed by atoms with E-state index in [0.717, 1.165) is 21.6 Å². The molecule has 0 radical (unpaired) electrons. The van der Waals surface area contributed by atoms with Crippen molar-refractivity contribution >= 4 is 15.9 Å². The van der Waals surface area contributed by atoms with Crippen LogP contribution in [-0.2, 0) is 13.7 Å². The molecule has 0 aliphatic heterocycles. The van der Waals surface area contributed by atoms with Gasteiger partial charge in [-0.05, 0) is 47.1 Å². The van der Waals surface area contributed by atoms with Crippen molar-refractivity contribution in [2.45, 2.75) is 13.5 Å². The third-order valence-electron chi connectivity index (χ3n) is 2.62. The van der Waals surface area contributed by atoms with Gasteiger partial charge in [0, 0.05) is 7.05 Å². The van der Waals surface area contributed by atoms with Crippen LogP contribution >= 0.6 is 15.9 Å². The molecule has 2 rings (SSSR count). The summed E-state index contributed by atoms with van der Waals surface area (Å²) >= 11 is 3.49. The van der Waals surface area contributed by atoms with E-state index in [9.17, 15) is 0 Å². The molecule has 0 spiro atoms. The van der Waals surface area contributed by atoms with Gasteiger partial charge in [-0.1, -0.05) is 0 Å². The maximum absolute atomic E-state index is 8.70. The topological polar surface area (TPSA) is 50.8 Å². The summed E-state index contributed by atoms with van der Waals surface area (Å²) in [6.07, 6.45) is 0. The maximum atomic E-state index is 8.70. The van der Waals surface area contributed by atoms with E-state index in [0.29, 0.717) is 12.2 Å². The van der Waals surface area contributed by atoms with Gasteiger partial charge in [0.2, 0.25) is 0 Å². The zero-order valence-corrected chi connectivity index (χ0v) is 11.7. The Labute approximate surface area is 114 Å². The fraction of sp³-hybridized carbons (Fsp3) is 0.231. The van der Waals surface area contributed by atoms with E-state index in [4.69, 9.17) is 10.00 Å². The monoisotopic (exact) mass is 305 g/mol. The van der Waals surface area contributed by atoms with Crippen LogP contribution in [0.25, 0.3) is 0 Å². The smallest absolute Gasteiger partial charge is 0.131 e. The van der Waals surface area contributed by atoms with Crippen molar-refractivity contribution in [1.82, 2.24) is 9.78 Å². The van der Waals surface area contributed by atoms with Gasteiger partial charge in [0.05, 0.1) is 27.5 Å². The molecule has 0 aliphatic carbocycles. The van der Waals surface area contributed by atoms with E-state index in [1.54, 1.807) is 28.9 Å². The van der Waals surface area contributed by atoms with Crippen LogP contribution in [0.1, 0.15) is 17.0 Å². The molecule has 1 aromatic heterocycles. The van der Waals surface area contributed by atoms with Crippen molar-refractivity contribution < 1.29 is 4.74 Å². The second kappa shape index (κ2) is 5.23. The van der Waals surface area contributed by atoms with Gasteiger partial charge in [-0.25, -0.2) is 0 Å². The van der Waals surface area contributed by atoms with Crippen molar-refractivity contribution in [2.75, 3.05) is 0 Å². The highest BCUT2D eigenvalue weighted by Crippen LogP contribution is 2.22. The molecular formula is C13H12BrN3O. The lowest BCUT2D eigenvalue weighted by atomic mass is 10.2. The van der Waals surface area contributed by atoms with Crippen molar-refractivity contribution in [3.63, 3.8) is 0 Å². The molecule has 18 heavy (non-hydrogen) atoms. The van der Waals surface area contributed by atoms with Crippen LogP contribution in [0.15, 0.2) is 28.7 Å². The van der Waals surface area contributed by atoms with Crippen molar-refractivity contribution in [1.29, 1.82) is 5.26 Å². The first-order valence-corrected chi connectivity index (χ1v) is 6.22. The number of halogens is 1. The largest absolute Gasteiger partial charge is 0.487 e. The number of rotatable bonds is 3. The number of hydrogen-bond donors (Lipinski definition) is 0. The third-order valence-corrected chi connectivity index (χ3v) is 3.65. The Hall–Kier alpha value is -1.80. The lowest BCUT2D eigenvalue weighted by Gasteiger charge is -2.07. The van der Waals surface area contributed by atoms with Gasteiger partial charge in [-0.15, -0.1) is 0 Å². The quantitative estimate of drug-likeness (QED) is 0.876. The Kier molecular flexibility index (Phi) is 3.68. The van der Waals surface area contributed by atoms with Gasteiger partial charge < -0.3 is 4.74 Å². The normalized spacial score (nSPS) is 10.1. The van der Waals surface area contributed by atoms with E-state index in [2.05, 4.69) is 27.1 Å². The first-order chi connectivity index (χ1) is 8.61. The standard InChI is InChI=1S/C13H12BrN3O/c1-9-13(14)12(17(2)16-9)8-18-11-5-3-10(7-15)4-6-11/h3-6H,8H2,1-2H3. The second-order valence-electron chi connectivity index (χ2n) is 3.89. The molecule has 0 fully saturated rings. The highest BCUT2D eigenvalue weighted by Gasteiger charge is 2.10. The zero-order chi connectivity index (χ0) is 13.1. The Balaban J connectivity index is 2.09. The Morgan fingerprint density at radius 1 is 1.39 bits per heavy atom. The van der Waals surface area contributed by atoms with E-state index in [1.807, 2.05) is 14.0 Å². The fourth-order valence-corrected chi connectivity index (χ4v) is 2.06. The Bertz CT molecular complexity index is 596. The summed E-state index contributed by atoms with van der Waals surface area (Å²) in [7, 11) is 1.88. The predicted octanol–water partition coefficient (Wildman–Crippen LogP) is 2.94. The summed E-state index contributed by atoms with van der Waals surface area (Å²) in [6, 6.07) is 9.12. The minimum atomic E-state index is 0.434. The van der Waals surface area contributed by atoms with Crippen LogP contribution < -0.4 is 4.74 Å². The van der Waals surface area contributed by atoms with Crippen LogP contribution in [0, 0.1) is 18.3 Å². The molecular weight excluding hydrogens is 294 g/mol. The van der Waals surface area contributed by atoms with Crippen LogP contribution in [0.2, 0.25) is 0 Å². The number of aryl methyl sites for hydroxylation is 2. The van der Waals surface area contributed by atoms with Gasteiger partial charge in [0.25, 0.3) is 0 Å². The van der Waals surface area contributed by atoms with Crippen LogP contribution in [0.5, 0.6) is 5.75 Å². The van der Waals surface area contributed by atoms with Crippen LogP contribution in [0.4, 0.5) is 0 Å². The molecule has 0 unspecified atom stereocenters. The summed E-state index contributed by atoms with van der Waals surface area (Å²) in [5, 5.41) is 13.0. The average Bonchev–Trinajstić information content (AvgIpc) is 2.62. The average molecular weight is 306 g/mol. The molecule has 92 valence electrons. The summed E-state index contributed by atoms with van der Waals surface area (Å²) in [6.45, 7) is 2.37. The second-order valence-corrected chi connectivity index (χ2v) is 4.69. The summed E-state index contributed by atoms with van der Waals surface area (Å²) < 4.78 is 8.43. The molecule has 0 aliphatic rings. The van der Waals surface area contributed by atoms with Crippen molar-refractivity contribution in [3.8, 4) is 11.8 Å². The van der Waals surface area contributed by atoms with Crippen molar-refractivity contribution in [2.24, 2.45) is 7.05 Å². The van der Waals surface area contributed by atoms with Crippen LogP contribution in [0.3, 0.4) is 0 Å². The van der Waals surface area contributed by atoms with E-state index < -0.39 is 0 Å². The molecule has 5 heteroatoms. The zero-order valence-electron chi connectivity index (χ0n) is 10.1. The first kappa shape index (κ1) is 12.7. The molecule has 1 heterocycles. The molecule has 0 bridgehead atoms. The third kappa shape index (κ3) is 2.54. The van der Waals surface area contributed by atoms with Gasteiger partial charge in [0.15, 0.2) is 0 Å². The number of hydrogen-bond acceptors (Lipinski definition) is 3. The Morgan fingerprint density at radius 3 is 2.56 bits per heavy atom. The van der Waals surface area contributed by atoms with E-state index in [-0.39, 0.29) is 0 Å². The molecule has 4 nitrogen and oxygen atoms in total. The number of nitriles is 1. The minimum absolute atomic E-state index is 0.434. The molecule has 0 N–H and O–H groups in total. The SMILES string of the molecule is Cc1nn(C)c(COc2ccc(C#N)cc2)c1Br. The highest BCUT2D eigenvalue weighted by atomic mass is 79.9. The molecule has 1 aromatic carbocycles. The first-order valence-electron chi connectivity index (χ1n) is 5.42. The van der Waals surface area contributed by atoms with Gasteiger partial charge in [0.1, 0.15) is 12.4 Å². The fourth-order valence-electron chi connectivity index (χ4n) is 1.61. The molecule has 0 amide bonds. The predicted molar refractivity (Wildman–Crippen MR) is 71.1 cm³/mol. The highest BCUT2D eigenvalue weighted by molar-refractivity contribution is 9.10. The van der Waals surface area contributed by atoms with Gasteiger partial charge >= 0.3 is 0 Å². The number of ether oxygens (including phenoxy) is 1. The number of aromatic nitrogens is 2. The summed E-state index contributed by atoms with van der Waals surface area (Å²) in [5.41, 5.74) is 2.55. The number of nitrogens with zero attached hydrogens (tertiary/aromatic N) is 3. The number of benzene rings is 1. The lowest BCUT2D eigenvalue weighted by molar-refractivity contribution is 0.294. The van der Waals surface area contributed by atoms with Gasteiger partial charge in [-0.3, -0.25) is 4.68 Å². The van der Waals surface area contributed by atoms with E-state index in [1.165, 1.54) is 0 Å². The molecule has 0 saturated heterocycles. The van der Waals surface area contributed by atoms with Crippen molar-refractivity contribution in [3.05, 3.63) is 45.7 Å². The molecule has 0 atom stereocenters. The van der Waals surface area contributed by atoms with Gasteiger partial charge in [-0.2, -0.15) is 10.4 Å². The minimum Gasteiger partial charge on any atom is -0.487 e. The maximum Gasteiger partial charge on any atom is 0.131 e. The lowest BCUT2D eigenvalue weighted by Crippen LogP contribution is -2.03. The Morgan fingerprint density at radius 2 is 2.06 bits per heavy atom.